The van der Waals surface area contributed by atoms with Crippen LogP contribution in [-0.4, -0.2) is 6.61 Å². The first-order valence-corrected chi connectivity index (χ1v) is 3.06. The Hall–Kier alpha value is -0.300. The monoisotopic (exact) mass is 113 g/mol. The van der Waals surface area contributed by atoms with Crippen molar-refractivity contribution in [1.82, 2.24) is 0 Å². The molecule has 1 heteroatoms. The molecule has 0 aromatic carbocycles. The van der Waals surface area contributed by atoms with E-state index in [9.17, 15) is 5.11 Å². The van der Waals surface area contributed by atoms with Crippen LogP contribution in [-0.2, 0) is 5.11 Å². The fourth-order valence-electron chi connectivity index (χ4n) is 0.424. The second-order valence-corrected chi connectivity index (χ2v) is 1.98. The van der Waals surface area contributed by atoms with Gasteiger partial charge in [-0.1, -0.05) is 32.4 Å². The van der Waals surface area contributed by atoms with Crippen LogP contribution in [0.3, 0.4) is 0 Å². The van der Waals surface area contributed by atoms with Gasteiger partial charge in [-0.2, -0.15) is 0 Å². The molecule has 1 nitrogen and oxygen atoms in total. The lowest BCUT2D eigenvalue weighted by Gasteiger charge is -1.96. The Labute approximate surface area is 51.0 Å². The van der Waals surface area contributed by atoms with Gasteiger partial charge >= 0.3 is 0 Å². The molecule has 0 aliphatic heterocycles. The zero-order valence-electron chi connectivity index (χ0n) is 5.55. The van der Waals surface area contributed by atoms with Crippen molar-refractivity contribution >= 4 is 0 Å². The average Bonchev–Trinajstić information content (AvgIpc) is 1.83. The van der Waals surface area contributed by atoms with Crippen molar-refractivity contribution in [3.05, 3.63) is 12.2 Å². The molecule has 1 radical (unpaired) electrons. The van der Waals surface area contributed by atoms with Gasteiger partial charge in [0.25, 0.3) is 0 Å². The third-order valence-corrected chi connectivity index (χ3v) is 1.20. The molecule has 0 aromatic rings. The lowest BCUT2D eigenvalue weighted by Crippen LogP contribution is -1.84. The van der Waals surface area contributed by atoms with Crippen molar-refractivity contribution in [3.8, 4) is 0 Å². The molecular weight excluding hydrogens is 100 g/mol. The first-order chi connectivity index (χ1) is 3.81. The molecule has 0 spiro atoms. The maximum Gasteiger partial charge on any atom is 0.100 e. The first kappa shape index (κ1) is 7.70. The summed E-state index contributed by atoms with van der Waals surface area (Å²) in [6.45, 7) is 4.14. The Morgan fingerprint density at radius 3 is 2.62 bits per heavy atom. The number of hydrogen-bond acceptors (Lipinski definition) is 0. The molecule has 0 fully saturated rings. The van der Waals surface area contributed by atoms with Crippen molar-refractivity contribution in [2.24, 2.45) is 5.92 Å². The molecule has 0 aromatic heterocycles. The van der Waals surface area contributed by atoms with Crippen LogP contribution in [0, 0.1) is 5.92 Å². The quantitative estimate of drug-likeness (QED) is 0.499. The molecule has 0 aliphatic carbocycles. The van der Waals surface area contributed by atoms with E-state index >= 15 is 0 Å². The van der Waals surface area contributed by atoms with Crippen molar-refractivity contribution in [3.63, 3.8) is 0 Å². The van der Waals surface area contributed by atoms with Crippen LogP contribution in [0.15, 0.2) is 12.2 Å². The summed E-state index contributed by atoms with van der Waals surface area (Å²) in [5.41, 5.74) is 0. The molecule has 0 N–H and O–H groups in total. The van der Waals surface area contributed by atoms with Crippen LogP contribution >= 0.6 is 0 Å². The summed E-state index contributed by atoms with van der Waals surface area (Å²) >= 11 is 0. The van der Waals surface area contributed by atoms with Gasteiger partial charge in [0.15, 0.2) is 0 Å². The van der Waals surface area contributed by atoms with E-state index in [1.54, 1.807) is 6.08 Å². The fraction of sp³-hybridized carbons (Fsp3) is 0.714. The topological polar surface area (TPSA) is 19.9 Å². The van der Waals surface area contributed by atoms with Crippen LogP contribution < -0.4 is 0 Å². The lowest BCUT2D eigenvalue weighted by molar-refractivity contribution is 0.232. The molecule has 1 atom stereocenters. The number of hydrogen-bond donors (Lipinski definition) is 0. The Bertz CT molecular complexity index is 66.8. The summed E-state index contributed by atoms with van der Waals surface area (Å²) in [6.07, 6.45) is 4.76. The third-order valence-electron chi connectivity index (χ3n) is 1.20. The molecule has 0 rings (SSSR count). The van der Waals surface area contributed by atoms with Gasteiger partial charge in [0.1, 0.15) is 6.61 Å². The van der Waals surface area contributed by atoms with Gasteiger partial charge in [-0.15, -0.1) is 0 Å². The molecule has 0 saturated carbocycles. The zero-order chi connectivity index (χ0) is 6.41. The normalized spacial score (nSPS) is 14.9. The SMILES string of the molecule is CCC(C)C=CC[O]. The van der Waals surface area contributed by atoms with Crippen molar-refractivity contribution in [1.29, 1.82) is 0 Å². The van der Waals surface area contributed by atoms with Gasteiger partial charge in [-0.25, -0.2) is 5.11 Å². The highest BCUT2D eigenvalue weighted by molar-refractivity contribution is 4.84. The predicted molar refractivity (Wildman–Crippen MR) is 34.1 cm³/mol. The fourth-order valence-corrected chi connectivity index (χ4v) is 0.424. The molecule has 8 heavy (non-hydrogen) atoms. The summed E-state index contributed by atoms with van der Waals surface area (Å²) < 4.78 is 0. The van der Waals surface area contributed by atoms with Gasteiger partial charge in [0, 0.05) is 0 Å². The largest absolute Gasteiger partial charge is 0.232 e. The van der Waals surface area contributed by atoms with Gasteiger partial charge in [-0.05, 0) is 5.92 Å². The summed E-state index contributed by atoms with van der Waals surface area (Å²) in [7, 11) is 0. The van der Waals surface area contributed by atoms with Gasteiger partial charge in [0.2, 0.25) is 0 Å². The molecule has 0 bridgehead atoms. The van der Waals surface area contributed by atoms with Gasteiger partial charge in [0.05, 0.1) is 0 Å². The van der Waals surface area contributed by atoms with Crippen LogP contribution in [0.4, 0.5) is 0 Å². The van der Waals surface area contributed by atoms with E-state index in [0.717, 1.165) is 6.42 Å². The Morgan fingerprint density at radius 2 is 2.25 bits per heavy atom. The molecule has 0 heterocycles. The Morgan fingerprint density at radius 1 is 1.62 bits per heavy atom. The third kappa shape index (κ3) is 3.88. The van der Waals surface area contributed by atoms with E-state index in [1.807, 2.05) is 6.08 Å². The second-order valence-electron chi connectivity index (χ2n) is 1.98. The molecule has 1 unspecified atom stereocenters. The maximum absolute atomic E-state index is 9.86. The minimum absolute atomic E-state index is 0.0790. The minimum Gasteiger partial charge on any atom is -0.232 e. The molecule has 0 aliphatic rings. The highest BCUT2D eigenvalue weighted by Gasteiger charge is 1.87. The van der Waals surface area contributed by atoms with Crippen LogP contribution in [0.25, 0.3) is 0 Å². The highest BCUT2D eigenvalue weighted by atomic mass is 16.2. The molecular formula is C7H13O. The summed E-state index contributed by atoms with van der Waals surface area (Å²) in [5.74, 6) is 0.573. The summed E-state index contributed by atoms with van der Waals surface area (Å²) in [4.78, 5) is 0. The van der Waals surface area contributed by atoms with Crippen molar-refractivity contribution < 1.29 is 5.11 Å². The van der Waals surface area contributed by atoms with Crippen LogP contribution in [0.2, 0.25) is 0 Å². The Kier molecular flexibility index (Phi) is 4.67. The van der Waals surface area contributed by atoms with E-state index in [4.69, 9.17) is 0 Å². The standard InChI is InChI=1S/C7H13O/c1-3-7(2)5-4-6-8/h4-5,7H,3,6H2,1-2H3. The van der Waals surface area contributed by atoms with Crippen molar-refractivity contribution in [2.45, 2.75) is 20.3 Å². The molecule has 0 saturated heterocycles. The summed E-state index contributed by atoms with van der Waals surface area (Å²) in [6, 6.07) is 0. The maximum atomic E-state index is 9.86. The lowest BCUT2D eigenvalue weighted by atomic mass is 10.1. The van der Waals surface area contributed by atoms with E-state index < -0.39 is 0 Å². The van der Waals surface area contributed by atoms with E-state index in [-0.39, 0.29) is 6.61 Å². The Balaban J connectivity index is 3.21. The molecule has 47 valence electrons. The van der Waals surface area contributed by atoms with E-state index in [0.29, 0.717) is 5.92 Å². The van der Waals surface area contributed by atoms with Crippen LogP contribution in [0.5, 0.6) is 0 Å². The van der Waals surface area contributed by atoms with E-state index in [2.05, 4.69) is 13.8 Å². The summed E-state index contributed by atoms with van der Waals surface area (Å²) in [5, 5.41) is 9.86. The minimum atomic E-state index is -0.0790. The predicted octanol–water partition coefficient (Wildman–Crippen LogP) is 2.02. The smallest absolute Gasteiger partial charge is 0.100 e. The highest BCUT2D eigenvalue weighted by Crippen LogP contribution is 2.00. The van der Waals surface area contributed by atoms with Gasteiger partial charge < -0.3 is 0 Å². The number of rotatable bonds is 3. The zero-order valence-corrected chi connectivity index (χ0v) is 5.55. The number of allylic oxidation sites excluding steroid dienone is 1. The van der Waals surface area contributed by atoms with Crippen molar-refractivity contribution in [2.75, 3.05) is 6.61 Å². The molecule has 0 amide bonds. The van der Waals surface area contributed by atoms with E-state index in [1.165, 1.54) is 0 Å². The first-order valence-electron chi connectivity index (χ1n) is 3.06. The average molecular weight is 113 g/mol. The second kappa shape index (κ2) is 4.85. The van der Waals surface area contributed by atoms with Gasteiger partial charge in [-0.3, -0.25) is 0 Å². The van der Waals surface area contributed by atoms with Crippen LogP contribution in [0.1, 0.15) is 20.3 Å².